The van der Waals surface area contributed by atoms with Gasteiger partial charge in [0.15, 0.2) is 11.3 Å². The second kappa shape index (κ2) is 21.3. The van der Waals surface area contributed by atoms with Crippen LogP contribution in [0.1, 0.15) is 77.4 Å². The number of hydrogen-bond acceptors (Lipinski definition) is 13. The molecule has 2 aromatic heterocycles. The summed E-state index contributed by atoms with van der Waals surface area (Å²) in [6, 6.07) is 27.1. The number of rotatable bonds is 14. The summed E-state index contributed by atoms with van der Waals surface area (Å²) >= 11 is 1.44. The van der Waals surface area contributed by atoms with Crippen LogP contribution < -0.4 is 19.8 Å². The van der Waals surface area contributed by atoms with Gasteiger partial charge in [0.05, 0.1) is 23.2 Å². The van der Waals surface area contributed by atoms with E-state index in [-0.39, 0.29) is 48.2 Å². The summed E-state index contributed by atoms with van der Waals surface area (Å²) in [5.41, 5.74) is 1.47. The molecule has 5 heterocycles. The number of aryl methyl sites for hydroxylation is 1. The van der Waals surface area contributed by atoms with Crippen molar-refractivity contribution in [2.75, 3.05) is 50.8 Å². The van der Waals surface area contributed by atoms with E-state index in [4.69, 9.17) is 18.2 Å². The minimum absolute atomic E-state index is 0.0512. The first-order chi connectivity index (χ1) is 35.8. The number of fused-ring (bicyclic) bond motifs is 4. The fraction of sp³-hybridized carbons (Fsp3) is 0.352. The molecular weight excluding hydrogens is 987 g/mol. The van der Waals surface area contributed by atoms with Crippen LogP contribution in [0.2, 0.25) is 0 Å². The molecule has 0 bridgehead atoms. The highest BCUT2D eigenvalue weighted by Crippen LogP contribution is 2.58. The summed E-state index contributed by atoms with van der Waals surface area (Å²) in [6.07, 6.45) is 1.88. The van der Waals surface area contributed by atoms with Crippen LogP contribution in [-0.4, -0.2) is 124 Å². The molecule has 0 saturated carbocycles. The van der Waals surface area contributed by atoms with E-state index in [2.05, 4.69) is 26.5 Å². The van der Waals surface area contributed by atoms with Gasteiger partial charge >= 0.3 is 13.5 Å². The third-order valence-electron chi connectivity index (χ3n) is 14.0. The van der Waals surface area contributed by atoms with E-state index in [1.165, 1.54) is 53.7 Å². The van der Waals surface area contributed by atoms with Crippen molar-refractivity contribution < 1.29 is 46.7 Å². The Kier molecular flexibility index (Phi) is 14.5. The highest BCUT2D eigenvalue weighted by atomic mass is 32.1. The van der Waals surface area contributed by atoms with E-state index in [0.29, 0.717) is 73.6 Å². The van der Waals surface area contributed by atoms with Gasteiger partial charge in [-0.2, -0.15) is 4.37 Å². The zero-order chi connectivity index (χ0) is 51.7. The zero-order valence-corrected chi connectivity index (χ0v) is 42.9. The van der Waals surface area contributed by atoms with Crippen molar-refractivity contribution >= 4 is 86.3 Å². The fourth-order valence-electron chi connectivity index (χ4n) is 10.1. The minimum Gasteiger partial charge on any atom is -0.465 e. The first-order valence-corrected chi connectivity index (χ1v) is 27.4. The molecule has 74 heavy (non-hydrogen) atoms. The smallest absolute Gasteiger partial charge is 0.355 e. The number of ether oxygens (including phenoxy) is 1. The topological polar surface area (TPSA) is 197 Å². The molecule has 384 valence electrons. The molecule has 10 rings (SSSR count). The standard InChI is InChI=1S/C54H56FN8O9PS/c1-4-28-70-54(68)34(3)58-73(69,72-40-10-6-5-7-11-40)48(55)36-17-15-35-16-18-37(31-38(35)30-36)50(64)56-43-32-62(53(67)47-42-29-33(2)14-21-45(42)71-57-47)23-22-39-19-20-44(63(39)51(43)65)52(66)61-26-24-60(25-27-61)49-41-12-8-9-13-46(41)74-59-49/h5-18,21,29-31,34,39,43-44,48H,4,19-20,22-28,32H2,1-3H3,(H,56,64)(H,58,69)/t34-,39+,43-,44-,48?,73?/m0/s1. The van der Waals surface area contributed by atoms with Gasteiger partial charge in [0.2, 0.25) is 17.7 Å². The van der Waals surface area contributed by atoms with Gasteiger partial charge in [-0.1, -0.05) is 72.2 Å². The summed E-state index contributed by atoms with van der Waals surface area (Å²) in [4.78, 5) is 78.6. The lowest BCUT2D eigenvalue weighted by molar-refractivity contribution is -0.147. The van der Waals surface area contributed by atoms with E-state index in [1.807, 2.05) is 44.2 Å². The van der Waals surface area contributed by atoms with Gasteiger partial charge in [-0.15, -0.1) is 0 Å². The van der Waals surface area contributed by atoms with Crippen molar-refractivity contribution in [3.8, 4) is 5.75 Å². The summed E-state index contributed by atoms with van der Waals surface area (Å²) in [7, 11) is -4.56. The number of carbonyl (C=O) groups excluding carboxylic acids is 5. The molecule has 3 aliphatic heterocycles. The number of hydrogen-bond donors (Lipinski definition) is 2. The lowest BCUT2D eigenvalue weighted by Gasteiger charge is -2.41. The predicted molar refractivity (Wildman–Crippen MR) is 279 cm³/mol. The first kappa shape index (κ1) is 50.3. The maximum atomic E-state index is 16.9. The molecule has 3 aliphatic rings. The largest absolute Gasteiger partial charge is 0.465 e. The molecule has 2 unspecified atom stereocenters. The normalized spacial score (nSPS) is 19.9. The number of esters is 1. The third-order valence-corrected chi connectivity index (χ3v) is 16.9. The van der Waals surface area contributed by atoms with Crippen LogP contribution in [0.25, 0.3) is 31.8 Å². The Morgan fingerprint density at radius 3 is 2.43 bits per heavy atom. The van der Waals surface area contributed by atoms with Crippen molar-refractivity contribution in [1.82, 2.24) is 34.6 Å². The maximum absolute atomic E-state index is 16.9. The van der Waals surface area contributed by atoms with Gasteiger partial charge < -0.3 is 38.7 Å². The number of alkyl halides is 1. The zero-order valence-electron chi connectivity index (χ0n) is 41.1. The molecule has 4 amide bonds. The van der Waals surface area contributed by atoms with Gasteiger partial charge in [-0.3, -0.25) is 28.5 Å². The molecule has 5 aromatic carbocycles. The van der Waals surface area contributed by atoms with Crippen molar-refractivity contribution in [1.29, 1.82) is 0 Å². The van der Waals surface area contributed by atoms with Crippen molar-refractivity contribution in [3.63, 3.8) is 0 Å². The molecule has 3 saturated heterocycles. The molecule has 0 spiro atoms. The quantitative estimate of drug-likeness (QED) is 0.0779. The Hall–Kier alpha value is -7.21. The number of carbonyl (C=O) groups is 5. The molecule has 3 fully saturated rings. The third kappa shape index (κ3) is 10.2. The van der Waals surface area contributed by atoms with Gasteiger partial charge in [-0.05, 0) is 122 Å². The molecule has 6 atom stereocenters. The minimum atomic E-state index is -4.56. The second-order valence-corrected chi connectivity index (χ2v) is 22.0. The Morgan fingerprint density at radius 2 is 1.64 bits per heavy atom. The van der Waals surface area contributed by atoms with Gasteiger partial charge in [-0.25, -0.2) is 9.48 Å². The van der Waals surface area contributed by atoms with Crippen molar-refractivity contribution in [2.45, 2.75) is 76.5 Å². The van der Waals surface area contributed by atoms with Crippen LogP contribution in [0.15, 0.2) is 114 Å². The summed E-state index contributed by atoms with van der Waals surface area (Å²) < 4.78 is 53.9. The average molecular weight is 1040 g/mol. The number of amides is 4. The van der Waals surface area contributed by atoms with E-state index >= 15 is 9.18 Å². The van der Waals surface area contributed by atoms with Crippen molar-refractivity contribution in [3.05, 3.63) is 132 Å². The lowest BCUT2D eigenvalue weighted by atomic mass is 10.0. The maximum Gasteiger partial charge on any atom is 0.355 e. The van der Waals surface area contributed by atoms with Gasteiger partial charge in [0, 0.05) is 49.7 Å². The number of nitrogens with one attached hydrogen (secondary N) is 2. The van der Waals surface area contributed by atoms with Crippen LogP contribution in [0.4, 0.5) is 10.2 Å². The number of benzene rings is 5. The molecule has 7 aromatic rings. The van der Waals surface area contributed by atoms with Crippen LogP contribution in [0, 0.1) is 6.92 Å². The van der Waals surface area contributed by atoms with Crippen LogP contribution in [0.3, 0.4) is 0 Å². The van der Waals surface area contributed by atoms with Crippen molar-refractivity contribution in [2.24, 2.45) is 0 Å². The molecule has 17 nitrogen and oxygen atoms in total. The second-order valence-electron chi connectivity index (χ2n) is 19.1. The van der Waals surface area contributed by atoms with E-state index in [1.54, 1.807) is 52.3 Å². The van der Waals surface area contributed by atoms with Gasteiger partial charge in [0.25, 0.3) is 11.8 Å². The monoisotopic (exact) mass is 1040 g/mol. The average Bonchev–Trinajstić information content (AvgIpc) is 4.17. The van der Waals surface area contributed by atoms with Gasteiger partial charge in [0.1, 0.15) is 29.7 Å². The summed E-state index contributed by atoms with van der Waals surface area (Å²) in [5.74, 6) is -3.78. The Morgan fingerprint density at radius 1 is 0.865 bits per heavy atom. The Bertz CT molecular complexity index is 3310. The highest BCUT2D eigenvalue weighted by Gasteiger charge is 2.47. The van der Waals surface area contributed by atoms with E-state index in [9.17, 15) is 23.7 Å². The van der Waals surface area contributed by atoms with Crippen LogP contribution in [0.5, 0.6) is 5.75 Å². The van der Waals surface area contributed by atoms with E-state index in [0.717, 1.165) is 21.5 Å². The van der Waals surface area contributed by atoms with E-state index < -0.39 is 61.3 Å². The molecule has 0 radical (unpaired) electrons. The number of halogens is 1. The number of nitrogens with zero attached hydrogens (tertiary/aromatic N) is 6. The number of aromatic nitrogens is 2. The first-order valence-electron chi connectivity index (χ1n) is 24.9. The fourth-order valence-corrected chi connectivity index (χ4v) is 12.8. The molecule has 2 N–H and O–H groups in total. The lowest BCUT2D eigenvalue weighted by Crippen LogP contribution is -2.62. The summed E-state index contributed by atoms with van der Waals surface area (Å²) in [5, 5.41) is 12.3. The SMILES string of the molecule is CCCOC(=O)[C@H](C)NP(=O)(Oc1ccccc1)C(F)c1ccc2ccc(C(=O)N[C@H]3CN(C(=O)c4noc5ccc(C)cc45)CC[C@H]4CC[C@@H](C(=O)N5CCN(c6nsc7ccccc67)CC5)N4C3=O)cc2c1. The summed E-state index contributed by atoms with van der Waals surface area (Å²) in [6.45, 7) is 7.26. The molecular formula is C54H56FN8O9PS. The predicted octanol–water partition coefficient (Wildman–Crippen LogP) is 8.42. The molecule has 0 aliphatic carbocycles. The Labute approximate surface area is 430 Å². The number of piperazine rings is 1. The molecule has 20 heteroatoms. The highest BCUT2D eigenvalue weighted by molar-refractivity contribution is 7.57. The van der Waals surface area contributed by atoms with Crippen LogP contribution in [-0.2, 0) is 23.7 Å². The number of anilines is 1. The Balaban J connectivity index is 0.914. The number of para-hydroxylation sites is 1. The van der Waals surface area contributed by atoms with Crippen LogP contribution >= 0.6 is 19.1 Å².